The maximum Gasteiger partial charge on any atom is 0.154 e. The first kappa shape index (κ1) is 13.7. The number of nitrogens with zero attached hydrogens (tertiary/aromatic N) is 3. The van der Waals surface area contributed by atoms with E-state index in [9.17, 15) is 5.11 Å². The Labute approximate surface area is 114 Å². The van der Waals surface area contributed by atoms with E-state index in [1.165, 1.54) is 0 Å². The summed E-state index contributed by atoms with van der Waals surface area (Å²) in [5.74, 6) is 0.806. The maximum atomic E-state index is 9.35. The fourth-order valence-electron chi connectivity index (χ4n) is 2.11. The van der Waals surface area contributed by atoms with Crippen LogP contribution in [0.2, 0.25) is 0 Å². The van der Waals surface area contributed by atoms with Crippen LogP contribution in [-0.2, 0) is 25.9 Å². The SMILES string of the molecule is CCc1cc(CO)cc(-n2nc(CC)cc2CC)n1. The summed E-state index contributed by atoms with van der Waals surface area (Å²) in [4.78, 5) is 4.62. The minimum Gasteiger partial charge on any atom is -0.392 e. The maximum absolute atomic E-state index is 9.35. The Morgan fingerprint density at radius 1 is 1.00 bits per heavy atom. The largest absolute Gasteiger partial charge is 0.392 e. The van der Waals surface area contributed by atoms with E-state index < -0.39 is 0 Å². The molecule has 19 heavy (non-hydrogen) atoms. The summed E-state index contributed by atoms with van der Waals surface area (Å²) in [7, 11) is 0. The van der Waals surface area contributed by atoms with Crippen molar-refractivity contribution in [3.63, 3.8) is 0 Å². The number of aromatic nitrogens is 3. The molecule has 0 fully saturated rings. The Kier molecular flexibility index (Phi) is 4.32. The number of hydrogen-bond acceptors (Lipinski definition) is 3. The van der Waals surface area contributed by atoms with Crippen LogP contribution in [0.3, 0.4) is 0 Å². The van der Waals surface area contributed by atoms with Gasteiger partial charge in [0.05, 0.1) is 12.3 Å². The molecule has 2 aromatic rings. The van der Waals surface area contributed by atoms with Gasteiger partial charge in [-0.15, -0.1) is 0 Å². The first-order valence-electron chi connectivity index (χ1n) is 6.90. The van der Waals surface area contributed by atoms with Gasteiger partial charge in [-0.3, -0.25) is 0 Å². The van der Waals surface area contributed by atoms with Crippen molar-refractivity contribution in [1.29, 1.82) is 0 Å². The van der Waals surface area contributed by atoms with E-state index >= 15 is 0 Å². The van der Waals surface area contributed by atoms with Gasteiger partial charge >= 0.3 is 0 Å². The van der Waals surface area contributed by atoms with Crippen LogP contribution >= 0.6 is 0 Å². The van der Waals surface area contributed by atoms with Crippen LogP contribution in [-0.4, -0.2) is 19.9 Å². The molecule has 0 aliphatic carbocycles. The van der Waals surface area contributed by atoms with Crippen molar-refractivity contribution in [2.24, 2.45) is 0 Å². The van der Waals surface area contributed by atoms with Gasteiger partial charge in [0.1, 0.15) is 0 Å². The number of aryl methyl sites for hydroxylation is 3. The van der Waals surface area contributed by atoms with E-state index in [2.05, 4.69) is 36.9 Å². The minimum absolute atomic E-state index is 0.0336. The van der Waals surface area contributed by atoms with E-state index in [-0.39, 0.29) is 6.61 Å². The molecule has 2 rings (SSSR count). The summed E-state index contributed by atoms with van der Waals surface area (Å²) in [5.41, 5.74) is 4.10. The van der Waals surface area contributed by atoms with Crippen LogP contribution in [0.4, 0.5) is 0 Å². The van der Waals surface area contributed by atoms with Crippen LogP contribution in [0, 0.1) is 0 Å². The molecule has 0 saturated heterocycles. The van der Waals surface area contributed by atoms with E-state index in [1.807, 2.05) is 16.8 Å². The second-order valence-corrected chi connectivity index (χ2v) is 4.58. The highest BCUT2D eigenvalue weighted by Crippen LogP contribution is 2.15. The number of rotatable bonds is 5. The van der Waals surface area contributed by atoms with Crippen LogP contribution in [0.5, 0.6) is 0 Å². The Bertz CT molecular complexity index is 538. The van der Waals surface area contributed by atoms with Gasteiger partial charge in [-0.05, 0) is 43.0 Å². The summed E-state index contributed by atoms with van der Waals surface area (Å²) in [6.07, 6.45) is 2.68. The third kappa shape index (κ3) is 2.84. The zero-order chi connectivity index (χ0) is 13.8. The van der Waals surface area contributed by atoms with Crippen molar-refractivity contribution < 1.29 is 5.11 Å². The second-order valence-electron chi connectivity index (χ2n) is 4.58. The standard InChI is InChI=1S/C15H21N3O/c1-4-12-7-11(10-19)8-15(16-12)18-14(6-3)9-13(5-2)17-18/h7-9,19H,4-6,10H2,1-3H3. The molecular weight excluding hydrogens is 238 g/mol. The molecule has 0 aliphatic heterocycles. The third-order valence-corrected chi connectivity index (χ3v) is 3.24. The smallest absolute Gasteiger partial charge is 0.154 e. The molecule has 0 saturated carbocycles. The summed E-state index contributed by atoms with van der Waals surface area (Å²) in [5, 5.41) is 13.9. The number of pyridine rings is 1. The highest BCUT2D eigenvalue weighted by atomic mass is 16.3. The predicted octanol–water partition coefficient (Wildman–Crippen LogP) is 2.45. The second kappa shape index (κ2) is 5.97. The summed E-state index contributed by atoms with van der Waals surface area (Å²) in [6.45, 7) is 6.31. The molecule has 0 radical (unpaired) electrons. The molecule has 0 unspecified atom stereocenters. The molecule has 1 N–H and O–H groups in total. The lowest BCUT2D eigenvalue weighted by atomic mass is 10.2. The minimum atomic E-state index is 0.0336. The van der Waals surface area contributed by atoms with Crippen molar-refractivity contribution in [3.8, 4) is 5.82 Å². The first-order valence-corrected chi connectivity index (χ1v) is 6.90. The van der Waals surface area contributed by atoms with Crippen molar-refractivity contribution in [1.82, 2.24) is 14.8 Å². The van der Waals surface area contributed by atoms with Crippen molar-refractivity contribution in [2.45, 2.75) is 46.6 Å². The normalized spacial score (nSPS) is 10.9. The highest BCUT2D eigenvalue weighted by Gasteiger charge is 2.10. The zero-order valence-electron chi connectivity index (χ0n) is 11.8. The Morgan fingerprint density at radius 2 is 1.74 bits per heavy atom. The molecule has 0 bridgehead atoms. The van der Waals surface area contributed by atoms with Crippen LogP contribution in [0.15, 0.2) is 18.2 Å². The molecule has 102 valence electrons. The van der Waals surface area contributed by atoms with Gasteiger partial charge in [0, 0.05) is 11.4 Å². The molecule has 2 aromatic heterocycles. The van der Waals surface area contributed by atoms with Gasteiger partial charge in [-0.1, -0.05) is 20.8 Å². The summed E-state index contributed by atoms with van der Waals surface area (Å²) >= 11 is 0. The zero-order valence-corrected chi connectivity index (χ0v) is 11.8. The molecule has 4 nitrogen and oxygen atoms in total. The lowest BCUT2D eigenvalue weighted by Gasteiger charge is -2.09. The highest BCUT2D eigenvalue weighted by molar-refractivity contribution is 5.33. The van der Waals surface area contributed by atoms with E-state index in [4.69, 9.17) is 0 Å². The van der Waals surface area contributed by atoms with Crippen LogP contribution < -0.4 is 0 Å². The fourth-order valence-corrected chi connectivity index (χ4v) is 2.11. The predicted molar refractivity (Wildman–Crippen MR) is 75.4 cm³/mol. The third-order valence-electron chi connectivity index (χ3n) is 3.24. The average Bonchev–Trinajstić information content (AvgIpc) is 2.90. The molecular formula is C15H21N3O. The molecule has 4 heteroatoms. The van der Waals surface area contributed by atoms with Crippen molar-refractivity contribution in [3.05, 3.63) is 40.8 Å². The quantitative estimate of drug-likeness (QED) is 0.897. The topological polar surface area (TPSA) is 50.9 Å². The van der Waals surface area contributed by atoms with Gasteiger partial charge in [0.2, 0.25) is 0 Å². The molecule has 0 atom stereocenters. The first-order chi connectivity index (χ1) is 9.21. The van der Waals surface area contributed by atoms with E-state index in [1.54, 1.807) is 0 Å². The Morgan fingerprint density at radius 3 is 2.32 bits per heavy atom. The van der Waals surface area contributed by atoms with Gasteiger partial charge in [0.25, 0.3) is 0 Å². The molecule has 2 heterocycles. The monoisotopic (exact) mass is 259 g/mol. The van der Waals surface area contributed by atoms with Gasteiger partial charge in [-0.2, -0.15) is 5.10 Å². The van der Waals surface area contributed by atoms with Gasteiger partial charge in [-0.25, -0.2) is 9.67 Å². The lowest BCUT2D eigenvalue weighted by Crippen LogP contribution is -2.07. The number of aliphatic hydroxyl groups is 1. The lowest BCUT2D eigenvalue weighted by molar-refractivity contribution is 0.281. The van der Waals surface area contributed by atoms with Crippen molar-refractivity contribution in [2.75, 3.05) is 0 Å². The van der Waals surface area contributed by atoms with Crippen LogP contribution in [0.1, 0.15) is 43.4 Å². The number of aliphatic hydroxyl groups excluding tert-OH is 1. The van der Waals surface area contributed by atoms with Crippen LogP contribution in [0.25, 0.3) is 5.82 Å². The van der Waals surface area contributed by atoms with Gasteiger partial charge in [0.15, 0.2) is 5.82 Å². The molecule has 0 aromatic carbocycles. The van der Waals surface area contributed by atoms with Crippen molar-refractivity contribution >= 4 is 0 Å². The van der Waals surface area contributed by atoms with Gasteiger partial charge < -0.3 is 5.11 Å². The molecule has 0 aliphatic rings. The molecule has 0 amide bonds. The average molecular weight is 259 g/mol. The fraction of sp³-hybridized carbons (Fsp3) is 0.467. The van der Waals surface area contributed by atoms with E-state index in [0.717, 1.165) is 47.7 Å². The number of hydrogen-bond donors (Lipinski definition) is 1. The Balaban J connectivity index is 2.53. The summed E-state index contributed by atoms with van der Waals surface area (Å²) in [6, 6.07) is 5.98. The van der Waals surface area contributed by atoms with E-state index in [0.29, 0.717) is 0 Å². The Hall–Kier alpha value is -1.68. The summed E-state index contributed by atoms with van der Waals surface area (Å²) < 4.78 is 1.90. The molecule has 0 spiro atoms.